The van der Waals surface area contributed by atoms with Crippen molar-refractivity contribution in [2.45, 2.75) is 49.4 Å². The first kappa shape index (κ1) is 17.5. The fourth-order valence-corrected chi connectivity index (χ4v) is 6.57. The molecule has 2 aromatic carbocycles. The molecule has 0 radical (unpaired) electrons. The number of benzene rings is 2. The van der Waals surface area contributed by atoms with Gasteiger partial charge in [-0.05, 0) is 96.6 Å². The van der Waals surface area contributed by atoms with Gasteiger partial charge >= 0.3 is 29.6 Å². The van der Waals surface area contributed by atoms with Crippen LogP contribution in [0, 0.1) is 11.8 Å². The van der Waals surface area contributed by atoms with Crippen molar-refractivity contribution in [3.05, 3.63) is 59.7 Å². The van der Waals surface area contributed by atoms with Gasteiger partial charge in [0.05, 0.1) is 0 Å². The Morgan fingerprint density at radius 2 is 1.00 bits per heavy atom. The topological polar surface area (TPSA) is 40.5 Å². The molecule has 0 heterocycles. The van der Waals surface area contributed by atoms with E-state index in [1.54, 1.807) is 0 Å². The van der Waals surface area contributed by atoms with Crippen LogP contribution in [0.3, 0.4) is 0 Å². The summed E-state index contributed by atoms with van der Waals surface area (Å²) in [5.74, 6) is 2.34. The number of aromatic hydroxyl groups is 2. The van der Waals surface area contributed by atoms with Crippen molar-refractivity contribution < 1.29 is 10.2 Å². The van der Waals surface area contributed by atoms with Crippen LogP contribution in [-0.2, 0) is 10.8 Å². The molecule has 0 aliphatic heterocycles. The Labute approximate surface area is 171 Å². The van der Waals surface area contributed by atoms with Crippen molar-refractivity contribution in [1.29, 1.82) is 0 Å². The van der Waals surface area contributed by atoms with Crippen LogP contribution in [0.25, 0.3) is 0 Å². The van der Waals surface area contributed by atoms with Crippen LogP contribution >= 0.6 is 0 Å². The molecular formula is C22H25NaO2. The average Bonchev–Trinajstić information content (AvgIpc) is 2.54. The van der Waals surface area contributed by atoms with E-state index >= 15 is 0 Å². The summed E-state index contributed by atoms with van der Waals surface area (Å²) in [5, 5.41) is 19.3. The monoisotopic (exact) mass is 344 g/mol. The summed E-state index contributed by atoms with van der Waals surface area (Å²) in [6, 6.07) is 16.0. The quantitative estimate of drug-likeness (QED) is 0.800. The molecule has 4 saturated carbocycles. The fraction of sp³-hybridized carbons (Fsp3) is 0.455. The molecule has 3 heteroatoms. The SMILES string of the molecule is Oc1ccc(C23CC4CC(C2)CC(c2ccc(O)cc2)(C4)C3)cc1.[NaH]. The molecular weight excluding hydrogens is 319 g/mol. The predicted molar refractivity (Wildman–Crippen MR) is 101 cm³/mol. The zero-order valence-corrected chi connectivity index (χ0v) is 13.9. The third-order valence-corrected chi connectivity index (χ3v) is 7.02. The maximum absolute atomic E-state index is 9.67. The fourth-order valence-electron chi connectivity index (χ4n) is 6.57. The number of hydrogen-bond donors (Lipinski definition) is 2. The van der Waals surface area contributed by atoms with Gasteiger partial charge in [0, 0.05) is 0 Å². The van der Waals surface area contributed by atoms with Gasteiger partial charge in [0.25, 0.3) is 0 Å². The average molecular weight is 344 g/mol. The van der Waals surface area contributed by atoms with Gasteiger partial charge in [-0.3, -0.25) is 0 Å². The Kier molecular flexibility index (Phi) is 4.22. The van der Waals surface area contributed by atoms with E-state index in [4.69, 9.17) is 0 Å². The van der Waals surface area contributed by atoms with Gasteiger partial charge in [-0.25, -0.2) is 0 Å². The molecule has 4 fully saturated rings. The summed E-state index contributed by atoms with van der Waals surface area (Å²) >= 11 is 0. The number of rotatable bonds is 2. The summed E-state index contributed by atoms with van der Waals surface area (Å²) in [5.41, 5.74) is 3.38. The zero-order chi connectivity index (χ0) is 16.4. The van der Waals surface area contributed by atoms with Crippen molar-refractivity contribution in [2.24, 2.45) is 11.8 Å². The molecule has 126 valence electrons. The molecule has 6 rings (SSSR count). The minimum atomic E-state index is 0. The van der Waals surface area contributed by atoms with Crippen molar-refractivity contribution in [2.75, 3.05) is 0 Å². The molecule has 0 unspecified atom stereocenters. The molecule has 4 bridgehead atoms. The first-order valence-corrected chi connectivity index (χ1v) is 9.16. The van der Waals surface area contributed by atoms with Crippen LogP contribution in [0.1, 0.15) is 49.7 Å². The van der Waals surface area contributed by atoms with Gasteiger partial charge in [0.15, 0.2) is 0 Å². The van der Waals surface area contributed by atoms with E-state index in [1.807, 2.05) is 24.3 Å². The first-order valence-electron chi connectivity index (χ1n) is 9.16. The standard InChI is InChI=1S/C22H24O2.Na.H/c23-19-5-1-17(2-6-19)21-10-15-9-16(11-21)13-22(12-15,14-21)18-3-7-20(24)8-4-18;;/h1-8,15-16,23-24H,9-14H2;;. The van der Waals surface area contributed by atoms with Gasteiger partial charge in [0.2, 0.25) is 0 Å². The number of phenolic OH excluding ortho intramolecular Hbond substituents is 2. The van der Waals surface area contributed by atoms with E-state index in [0.29, 0.717) is 11.5 Å². The maximum atomic E-state index is 9.67. The Morgan fingerprint density at radius 1 is 0.640 bits per heavy atom. The molecule has 0 spiro atoms. The van der Waals surface area contributed by atoms with Gasteiger partial charge in [-0.1, -0.05) is 24.3 Å². The molecule has 2 aromatic rings. The summed E-state index contributed by atoms with van der Waals surface area (Å²) < 4.78 is 0. The normalized spacial score (nSPS) is 35.4. The predicted octanol–water partition coefficient (Wildman–Crippen LogP) is 4.24. The molecule has 0 atom stereocenters. The molecule has 4 aliphatic rings. The van der Waals surface area contributed by atoms with Crippen molar-refractivity contribution in [3.63, 3.8) is 0 Å². The van der Waals surface area contributed by atoms with E-state index < -0.39 is 0 Å². The van der Waals surface area contributed by atoms with E-state index in [1.165, 1.54) is 49.7 Å². The third-order valence-electron chi connectivity index (χ3n) is 7.02. The molecule has 4 aliphatic carbocycles. The van der Waals surface area contributed by atoms with Gasteiger partial charge in [-0.15, -0.1) is 0 Å². The Bertz CT molecular complexity index is 688. The Hall–Kier alpha value is -0.960. The van der Waals surface area contributed by atoms with Crippen LogP contribution in [0.2, 0.25) is 0 Å². The van der Waals surface area contributed by atoms with Crippen molar-refractivity contribution >= 4 is 29.6 Å². The molecule has 0 aromatic heterocycles. The second kappa shape index (κ2) is 6.04. The third kappa shape index (κ3) is 2.74. The zero-order valence-electron chi connectivity index (χ0n) is 13.9. The van der Waals surface area contributed by atoms with Crippen molar-refractivity contribution in [3.8, 4) is 11.5 Å². The summed E-state index contributed by atoms with van der Waals surface area (Å²) in [6.45, 7) is 0. The number of phenols is 2. The van der Waals surface area contributed by atoms with Crippen LogP contribution in [0.5, 0.6) is 11.5 Å². The van der Waals surface area contributed by atoms with E-state index in [9.17, 15) is 10.2 Å². The van der Waals surface area contributed by atoms with E-state index in [0.717, 1.165) is 11.8 Å². The number of hydrogen-bond acceptors (Lipinski definition) is 2. The van der Waals surface area contributed by atoms with Crippen molar-refractivity contribution in [1.82, 2.24) is 0 Å². The van der Waals surface area contributed by atoms with Crippen LogP contribution in [0.4, 0.5) is 0 Å². The molecule has 25 heavy (non-hydrogen) atoms. The molecule has 0 saturated heterocycles. The van der Waals surface area contributed by atoms with Gasteiger partial charge in [0.1, 0.15) is 11.5 Å². The summed E-state index contributed by atoms with van der Waals surface area (Å²) in [6.07, 6.45) is 7.80. The summed E-state index contributed by atoms with van der Waals surface area (Å²) in [4.78, 5) is 0. The second-order valence-electron chi connectivity index (χ2n) is 8.62. The molecule has 2 N–H and O–H groups in total. The first-order chi connectivity index (χ1) is 11.6. The van der Waals surface area contributed by atoms with E-state index in [2.05, 4.69) is 24.3 Å². The van der Waals surface area contributed by atoms with Gasteiger partial charge < -0.3 is 10.2 Å². The molecule has 2 nitrogen and oxygen atoms in total. The van der Waals surface area contributed by atoms with Crippen LogP contribution < -0.4 is 0 Å². The van der Waals surface area contributed by atoms with Crippen LogP contribution in [-0.4, -0.2) is 39.8 Å². The van der Waals surface area contributed by atoms with Crippen LogP contribution in [0.15, 0.2) is 48.5 Å². The molecule has 0 amide bonds. The Morgan fingerprint density at radius 3 is 1.36 bits per heavy atom. The van der Waals surface area contributed by atoms with Gasteiger partial charge in [-0.2, -0.15) is 0 Å². The Balaban J connectivity index is 0.00000157. The minimum absolute atomic E-state index is 0. The van der Waals surface area contributed by atoms with E-state index in [-0.39, 0.29) is 40.4 Å². The second-order valence-corrected chi connectivity index (χ2v) is 8.62. The summed E-state index contributed by atoms with van der Waals surface area (Å²) in [7, 11) is 0.